The second-order valence-corrected chi connectivity index (χ2v) is 5.01. The van der Waals surface area contributed by atoms with Crippen LogP contribution in [0.2, 0.25) is 0 Å². The smallest absolute Gasteiger partial charge is 0.186 e. The minimum Gasteiger partial charge on any atom is -0.216 e. The summed E-state index contributed by atoms with van der Waals surface area (Å²) in [7, 11) is 0. The van der Waals surface area contributed by atoms with E-state index in [1.807, 2.05) is 24.3 Å². The summed E-state index contributed by atoms with van der Waals surface area (Å²) in [5, 5.41) is 17.0. The zero-order valence-electron chi connectivity index (χ0n) is 8.97. The van der Waals surface area contributed by atoms with E-state index in [2.05, 4.69) is 32.3 Å². The Hall–Kier alpha value is -1.67. The third kappa shape index (κ3) is 1.85. The van der Waals surface area contributed by atoms with Crippen molar-refractivity contribution in [1.29, 1.82) is 5.26 Å². The van der Waals surface area contributed by atoms with E-state index in [1.54, 1.807) is 4.68 Å². The Morgan fingerprint density at radius 2 is 2.00 bits per heavy atom. The average molecular weight is 289 g/mol. The number of hydrogen-bond acceptors (Lipinski definition) is 3. The van der Waals surface area contributed by atoms with Crippen LogP contribution in [-0.2, 0) is 0 Å². The fraction of sp³-hybridized carbons (Fsp3) is 0.250. The Labute approximate surface area is 107 Å². The first-order chi connectivity index (χ1) is 8.29. The second kappa shape index (κ2) is 3.97. The van der Waals surface area contributed by atoms with Crippen molar-refractivity contribution in [2.24, 2.45) is 0 Å². The maximum Gasteiger partial charge on any atom is 0.186 e. The highest BCUT2D eigenvalue weighted by atomic mass is 79.9. The van der Waals surface area contributed by atoms with Crippen LogP contribution in [0.5, 0.6) is 0 Å². The van der Waals surface area contributed by atoms with Gasteiger partial charge in [-0.25, -0.2) is 4.68 Å². The van der Waals surface area contributed by atoms with E-state index in [0.29, 0.717) is 11.6 Å². The molecule has 0 amide bonds. The minimum absolute atomic E-state index is 0.447. The van der Waals surface area contributed by atoms with Crippen LogP contribution in [-0.4, -0.2) is 15.0 Å². The number of rotatable bonds is 2. The van der Waals surface area contributed by atoms with Crippen LogP contribution in [0.1, 0.15) is 30.1 Å². The van der Waals surface area contributed by atoms with Gasteiger partial charge < -0.3 is 0 Å². The van der Waals surface area contributed by atoms with Gasteiger partial charge in [0.15, 0.2) is 5.69 Å². The Morgan fingerprint density at radius 3 is 2.59 bits per heavy atom. The molecule has 0 bridgehead atoms. The zero-order valence-corrected chi connectivity index (χ0v) is 10.6. The summed E-state index contributed by atoms with van der Waals surface area (Å²) in [6, 6.07) is 9.96. The van der Waals surface area contributed by atoms with Crippen molar-refractivity contribution in [3.05, 3.63) is 40.1 Å². The maximum atomic E-state index is 9.03. The van der Waals surface area contributed by atoms with Gasteiger partial charge >= 0.3 is 0 Å². The normalized spacial score (nSPS) is 14.6. The molecule has 0 unspecified atom stereocenters. The van der Waals surface area contributed by atoms with Gasteiger partial charge in [0.25, 0.3) is 0 Å². The van der Waals surface area contributed by atoms with Gasteiger partial charge in [0.1, 0.15) is 6.07 Å². The lowest BCUT2D eigenvalue weighted by Gasteiger charge is -2.05. The van der Waals surface area contributed by atoms with Crippen molar-refractivity contribution < 1.29 is 0 Å². The van der Waals surface area contributed by atoms with Crippen LogP contribution >= 0.6 is 15.9 Å². The molecular weight excluding hydrogens is 280 g/mol. The lowest BCUT2D eigenvalue weighted by Crippen LogP contribution is -2.01. The van der Waals surface area contributed by atoms with Gasteiger partial charge in [0.05, 0.1) is 11.4 Å². The van der Waals surface area contributed by atoms with E-state index in [0.717, 1.165) is 28.7 Å². The molecule has 4 nitrogen and oxygen atoms in total. The van der Waals surface area contributed by atoms with Crippen molar-refractivity contribution in [2.45, 2.75) is 18.8 Å². The third-order valence-electron chi connectivity index (χ3n) is 2.85. The first-order valence-electron chi connectivity index (χ1n) is 5.41. The van der Waals surface area contributed by atoms with Gasteiger partial charge in [-0.05, 0) is 37.1 Å². The summed E-state index contributed by atoms with van der Waals surface area (Å²) in [6.07, 6.45) is 2.25. The highest BCUT2D eigenvalue weighted by molar-refractivity contribution is 9.10. The molecule has 1 aromatic carbocycles. The van der Waals surface area contributed by atoms with Crippen molar-refractivity contribution in [3.8, 4) is 11.8 Å². The van der Waals surface area contributed by atoms with Crippen LogP contribution in [0.4, 0.5) is 0 Å². The molecule has 3 rings (SSSR count). The molecule has 1 aliphatic carbocycles. The highest BCUT2D eigenvalue weighted by Gasteiger charge is 2.31. The third-order valence-corrected chi connectivity index (χ3v) is 3.37. The van der Waals surface area contributed by atoms with Crippen molar-refractivity contribution in [2.75, 3.05) is 0 Å². The van der Waals surface area contributed by atoms with Gasteiger partial charge in [-0.1, -0.05) is 21.1 Å². The van der Waals surface area contributed by atoms with Gasteiger partial charge in [-0.3, -0.25) is 0 Å². The van der Waals surface area contributed by atoms with E-state index >= 15 is 0 Å². The number of hydrogen-bond donors (Lipinski definition) is 0. The summed E-state index contributed by atoms with van der Waals surface area (Å²) in [5.41, 5.74) is 2.36. The first-order valence-corrected chi connectivity index (χ1v) is 6.20. The molecule has 0 radical (unpaired) electrons. The highest BCUT2D eigenvalue weighted by Crippen LogP contribution is 2.41. The van der Waals surface area contributed by atoms with Crippen LogP contribution < -0.4 is 0 Å². The molecule has 1 aromatic heterocycles. The quantitative estimate of drug-likeness (QED) is 0.854. The van der Waals surface area contributed by atoms with Crippen molar-refractivity contribution in [3.63, 3.8) is 0 Å². The predicted molar refractivity (Wildman–Crippen MR) is 65.7 cm³/mol. The minimum atomic E-state index is 0.447. The van der Waals surface area contributed by atoms with E-state index in [-0.39, 0.29) is 0 Å². The molecule has 1 saturated carbocycles. The average Bonchev–Trinajstić information content (AvgIpc) is 3.10. The topological polar surface area (TPSA) is 54.5 Å². The number of benzene rings is 1. The SMILES string of the molecule is N#Cc1nnn(-c2ccc(Br)cc2)c1C1CC1. The fourth-order valence-electron chi connectivity index (χ4n) is 1.86. The fourth-order valence-corrected chi connectivity index (χ4v) is 2.13. The van der Waals surface area contributed by atoms with Gasteiger partial charge in [-0.15, -0.1) is 5.10 Å². The zero-order chi connectivity index (χ0) is 11.8. The van der Waals surface area contributed by atoms with E-state index in [9.17, 15) is 0 Å². The van der Waals surface area contributed by atoms with Crippen LogP contribution in [0.3, 0.4) is 0 Å². The Kier molecular flexibility index (Phi) is 2.45. The van der Waals surface area contributed by atoms with Gasteiger partial charge in [-0.2, -0.15) is 5.26 Å². The lowest BCUT2D eigenvalue weighted by atomic mass is 10.2. The molecule has 1 aliphatic rings. The molecule has 0 aliphatic heterocycles. The molecule has 1 fully saturated rings. The van der Waals surface area contributed by atoms with Crippen molar-refractivity contribution in [1.82, 2.24) is 15.0 Å². The summed E-state index contributed by atoms with van der Waals surface area (Å²) in [6.45, 7) is 0. The number of aromatic nitrogens is 3. The van der Waals surface area contributed by atoms with E-state index in [4.69, 9.17) is 5.26 Å². The maximum absolute atomic E-state index is 9.03. The van der Waals surface area contributed by atoms with Gasteiger partial charge in [0, 0.05) is 10.4 Å². The molecule has 0 saturated heterocycles. The predicted octanol–water partition coefficient (Wildman–Crippen LogP) is 2.78. The Balaban J connectivity index is 2.11. The molecule has 0 spiro atoms. The molecule has 1 heterocycles. The molecule has 2 aromatic rings. The van der Waals surface area contributed by atoms with Crippen molar-refractivity contribution >= 4 is 15.9 Å². The molecule has 17 heavy (non-hydrogen) atoms. The number of halogens is 1. The van der Waals surface area contributed by atoms with E-state index in [1.165, 1.54) is 0 Å². The van der Waals surface area contributed by atoms with Gasteiger partial charge in [0.2, 0.25) is 0 Å². The van der Waals surface area contributed by atoms with Crippen LogP contribution in [0, 0.1) is 11.3 Å². The monoisotopic (exact) mass is 288 g/mol. The summed E-state index contributed by atoms with van der Waals surface area (Å²) < 4.78 is 2.80. The first kappa shape index (κ1) is 10.5. The molecule has 0 N–H and O–H groups in total. The number of nitrogens with zero attached hydrogens (tertiary/aromatic N) is 4. The molecule has 0 atom stereocenters. The summed E-state index contributed by atoms with van der Waals surface area (Å²) in [4.78, 5) is 0. The largest absolute Gasteiger partial charge is 0.216 e. The van der Waals surface area contributed by atoms with E-state index < -0.39 is 0 Å². The molecule has 84 valence electrons. The second-order valence-electron chi connectivity index (χ2n) is 4.10. The number of nitriles is 1. The Bertz CT molecular complexity index is 590. The summed E-state index contributed by atoms with van der Waals surface area (Å²) in [5.74, 6) is 0.447. The molecule has 5 heteroatoms. The lowest BCUT2D eigenvalue weighted by molar-refractivity contribution is 0.763. The molecular formula is C12H9BrN4. The standard InChI is InChI=1S/C12H9BrN4/c13-9-3-5-10(6-4-9)17-12(8-1-2-8)11(7-14)15-16-17/h3-6,8H,1-2H2. The van der Waals surface area contributed by atoms with Crippen LogP contribution in [0.15, 0.2) is 28.7 Å². The Morgan fingerprint density at radius 1 is 1.29 bits per heavy atom. The summed E-state index contributed by atoms with van der Waals surface area (Å²) >= 11 is 3.40. The van der Waals surface area contributed by atoms with Crippen LogP contribution in [0.25, 0.3) is 5.69 Å².